The van der Waals surface area contributed by atoms with Crippen LogP contribution < -0.4 is 0 Å². The molecule has 0 saturated heterocycles. The Morgan fingerprint density at radius 3 is 2.58 bits per heavy atom. The van der Waals surface area contributed by atoms with Gasteiger partial charge in [0.15, 0.2) is 0 Å². The Morgan fingerprint density at radius 1 is 1.33 bits per heavy atom. The molecule has 1 nitrogen and oxygen atoms in total. The first-order chi connectivity index (χ1) is 5.83. The van der Waals surface area contributed by atoms with Crippen LogP contribution in [0.4, 0.5) is 0 Å². The van der Waals surface area contributed by atoms with E-state index < -0.39 is 6.10 Å². The molecule has 0 saturated carbocycles. The lowest BCUT2D eigenvalue weighted by molar-refractivity contribution is 0.281. The molecule has 12 heavy (non-hydrogen) atoms. The third kappa shape index (κ3) is 2.61. The van der Waals surface area contributed by atoms with Gasteiger partial charge in [0.05, 0.1) is 0 Å². The smallest absolute Gasteiger partial charge is 0.133 e. The van der Waals surface area contributed by atoms with Crippen molar-refractivity contribution in [2.45, 2.75) is 6.10 Å². The fourth-order valence-corrected chi connectivity index (χ4v) is 0.738. The highest BCUT2D eigenvalue weighted by Gasteiger charge is 1.87. The van der Waals surface area contributed by atoms with Gasteiger partial charge in [-0.05, 0) is 12.1 Å². The maximum absolute atomic E-state index is 9.03. The van der Waals surface area contributed by atoms with Crippen molar-refractivity contribution in [3.63, 3.8) is 0 Å². The minimum atomic E-state index is -0.731. The maximum Gasteiger partial charge on any atom is 0.133 e. The molecule has 1 N–H and O–H groups in total. The van der Waals surface area contributed by atoms with E-state index in [1.54, 1.807) is 0 Å². The second-order valence-electron chi connectivity index (χ2n) is 2.32. The van der Waals surface area contributed by atoms with Crippen molar-refractivity contribution >= 4 is 0 Å². The highest BCUT2D eigenvalue weighted by molar-refractivity contribution is 5.35. The van der Waals surface area contributed by atoms with Crippen LogP contribution in [0.3, 0.4) is 0 Å². The molecule has 1 heteroatoms. The predicted molar refractivity (Wildman–Crippen MR) is 49.5 cm³/mol. The Balaban J connectivity index is 2.73. The van der Waals surface area contributed by atoms with Crippen molar-refractivity contribution in [2.75, 3.05) is 0 Å². The maximum atomic E-state index is 9.03. The van der Waals surface area contributed by atoms with E-state index >= 15 is 0 Å². The monoisotopic (exact) mass is 158 g/mol. The van der Waals surface area contributed by atoms with Crippen molar-refractivity contribution in [1.82, 2.24) is 0 Å². The molecule has 1 rings (SSSR count). The molecule has 0 spiro atoms. The summed E-state index contributed by atoms with van der Waals surface area (Å²) in [6, 6.07) is 9.52. The molecule has 1 aromatic rings. The second-order valence-corrected chi connectivity index (χ2v) is 2.32. The van der Waals surface area contributed by atoms with Crippen LogP contribution in [0.1, 0.15) is 5.56 Å². The van der Waals surface area contributed by atoms with Crippen LogP contribution in [-0.4, -0.2) is 11.2 Å². The van der Waals surface area contributed by atoms with Crippen molar-refractivity contribution in [3.8, 4) is 11.8 Å². The van der Waals surface area contributed by atoms with E-state index in [9.17, 15) is 0 Å². The van der Waals surface area contributed by atoms with Crippen molar-refractivity contribution in [3.05, 3.63) is 48.6 Å². The molecule has 0 amide bonds. The highest BCUT2D eigenvalue weighted by atomic mass is 16.3. The van der Waals surface area contributed by atoms with Gasteiger partial charge in [0.1, 0.15) is 6.10 Å². The van der Waals surface area contributed by atoms with Crippen LogP contribution in [0.25, 0.3) is 0 Å². The summed E-state index contributed by atoms with van der Waals surface area (Å²) in [5.41, 5.74) is 0.901. The summed E-state index contributed by atoms with van der Waals surface area (Å²) in [5, 5.41) is 9.03. The van der Waals surface area contributed by atoms with Crippen LogP contribution in [0.2, 0.25) is 0 Å². The zero-order valence-electron chi connectivity index (χ0n) is 6.70. The first-order valence-corrected chi connectivity index (χ1v) is 3.70. The Labute approximate surface area is 72.4 Å². The molecule has 0 aliphatic carbocycles. The summed E-state index contributed by atoms with van der Waals surface area (Å²) in [4.78, 5) is 0. The van der Waals surface area contributed by atoms with Gasteiger partial charge >= 0.3 is 0 Å². The molecule has 0 radical (unpaired) electrons. The minimum Gasteiger partial charge on any atom is -0.377 e. The number of benzene rings is 1. The molecule has 0 bridgehead atoms. The molecule has 1 aromatic carbocycles. The zero-order chi connectivity index (χ0) is 8.81. The number of aliphatic hydroxyl groups is 1. The molecule has 0 aromatic heterocycles. The molecule has 0 aliphatic heterocycles. The molecular formula is C11H10O. The molecule has 0 aliphatic rings. The lowest BCUT2D eigenvalue weighted by Crippen LogP contribution is -1.95. The van der Waals surface area contributed by atoms with E-state index in [2.05, 4.69) is 18.4 Å². The Kier molecular flexibility index (Phi) is 3.13. The first-order valence-electron chi connectivity index (χ1n) is 3.70. The predicted octanol–water partition coefficient (Wildman–Crippen LogP) is 1.58. The summed E-state index contributed by atoms with van der Waals surface area (Å²) < 4.78 is 0. The largest absolute Gasteiger partial charge is 0.377 e. The van der Waals surface area contributed by atoms with Gasteiger partial charge in [0.25, 0.3) is 0 Å². The summed E-state index contributed by atoms with van der Waals surface area (Å²) in [7, 11) is 0. The van der Waals surface area contributed by atoms with E-state index in [0.29, 0.717) is 0 Å². The Morgan fingerprint density at radius 2 is 2.00 bits per heavy atom. The Bertz CT molecular complexity index is 303. The standard InChI is InChI=1S/C11H10O/c1-2-11(12)9-8-10-6-4-3-5-7-10/h2-7,11-12H,1H2/t11-/m1/s1. The topological polar surface area (TPSA) is 20.2 Å². The lowest BCUT2D eigenvalue weighted by atomic mass is 10.2. The van der Waals surface area contributed by atoms with E-state index in [0.717, 1.165) is 5.56 Å². The van der Waals surface area contributed by atoms with E-state index in [1.165, 1.54) is 6.08 Å². The molecule has 0 fully saturated rings. The molecule has 1 atom stereocenters. The molecule has 0 unspecified atom stereocenters. The van der Waals surface area contributed by atoms with Gasteiger partial charge in [-0.3, -0.25) is 0 Å². The van der Waals surface area contributed by atoms with Crippen LogP contribution >= 0.6 is 0 Å². The van der Waals surface area contributed by atoms with E-state index in [1.807, 2.05) is 30.3 Å². The number of aliphatic hydroxyl groups excluding tert-OH is 1. The van der Waals surface area contributed by atoms with Crippen molar-refractivity contribution in [2.24, 2.45) is 0 Å². The van der Waals surface area contributed by atoms with Crippen LogP contribution in [0.15, 0.2) is 43.0 Å². The molecular weight excluding hydrogens is 148 g/mol. The molecule has 0 heterocycles. The summed E-state index contributed by atoms with van der Waals surface area (Å²) in [5.74, 6) is 5.46. The normalized spacial score (nSPS) is 11.1. The average Bonchev–Trinajstić information content (AvgIpc) is 2.16. The SMILES string of the molecule is C=C[C@@H](O)C#Cc1ccccc1. The van der Waals surface area contributed by atoms with E-state index in [4.69, 9.17) is 5.11 Å². The summed E-state index contributed by atoms with van der Waals surface area (Å²) in [6.07, 6.45) is 0.667. The number of hydrogen-bond donors (Lipinski definition) is 1. The quantitative estimate of drug-likeness (QED) is 0.486. The van der Waals surface area contributed by atoms with Crippen LogP contribution in [0, 0.1) is 11.8 Å². The lowest BCUT2D eigenvalue weighted by Gasteiger charge is -1.90. The number of hydrogen-bond acceptors (Lipinski definition) is 1. The third-order valence-electron chi connectivity index (χ3n) is 1.36. The first kappa shape index (κ1) is 8.58. The van der Waals surface area contributed by atoms with Crippen molar-refractivity contribution in [1.29, 1.82) is 0 Å². The van der Waals surface area contributed by atoms with Crippen molar-refractivity contribution < 1.29 is 5.11 Å². The average molecular weight is 158 g/mol. The molecule has 60 valence electrons. The van der Waals surface area contributed by atoms with Gasteiger partial charge in [-0.25, -0.2) is 0 Å². The summed E-state index contributed by atoms with van der Waals surface area (Å²) in [6.45, 7) is 3.42. The third-order valence-corrected chi connectivity index (χ3v) is 1.36. The highest BCUT2D eigenvalue weighted by Crippen LogP contribution is 1.95. The fourth-order valence-electron chi connectivity index (χ4n) is 0.738. The Hall–Kier alpha value is -1.52. The van der Waals surface area contributed by atoms with Gasteiger partial charge in [-0.1, -0.05) is 42.7 Å². The summed E-state index contributed by atoms with van der Waals surface area (Å²) >= 11 is 0. The fraction of sp³-hybridized carbons (Fsp3) is 0.0909. The van der Waals surface area contributed by atoms with Gasteiger partial charge in [-0.2, -0.15) is 0 Å². The zero-order valence-corrected chi connectivity index (χ0v) is 6.70. The van der Waals surface area contributed by atoms with Crippen LogP contribution in [-0.2, 0) is 0 Å². The van der Waals surface area contributed by atoms with Gasteiger partial charge < -0.3 is 5.11 Å². The second kappa shape index (κ2) is 4.38. The van der Waals surface area contributed by atoms with E-state index in [-0.39, 0.29) is 0 Å². The minimum absolute atomic E-state index is 0.731. The van der Waals surface area contributed by atoms with Gasteiger partial charge in [0.2, 0.25) is 0 Å². The van der Waals surface area contributed by atoms with Gasteiger partial charge in [-0.15, -0.1) is 0 Å². The number of rotatable bonds is 1. The van der Waals surface area contributed by atoms with Gasteiger partial charge in [0, 0.05) is 5.56 Å². The van der Waals surface area contributed by atoms with Crippen LogP contribution in [0.5, 0.6) is 0 Å².